The smallest absolute Gasteiger partial charge is 0.335 e. The Hall–Kier alpha value is -1.68. The van der Waals surface area contributed by atoms with Crippen LogP contribution in [0, 0.1) is 0 Å². The van der Waals surface area contributed by atoms with E-state index in [9.17, 15) is 4.79 Å². The van der Waals surface area contributed by atoms with Crippen molar-refractivity contribution in [2.45, 2.75) is 0 Å². The first kappa shape index (κ1) is 8.90. The summed E-state index contributed by atoms with van der Waals surface area (Å²) in [6.45, 7) is 0. The lowest BCUT2D eigenvalue weighted by Gasteiger charge is -2.00. The van der Waals surface area contributed by atoms with Crippen molar-refractivity contribution in [3.05, 3.63) is 35.2 Å². The highest BCUT2D eigenvalue weighted by molar-refractivity contribution is 6.35. The van der Waals surface area contributed by atoms with Gasteiger partial charge in [0.2, 0.25) is 0 Å². The zero-order chi connectivity index (χ0) is 10.1. The lowest BCUT2D eigenvalue weighted by molar-refractivity contribution is 0.0697. The van der Waals surface area contributed by atoms with Crippen molar-refractivity contribution in [3.8, 4) is 0 Å². The van der Waals surface area contributed by atoms with Gasteiger partial charge < -0.3 is 5.11 Å². The van der Waals surface area contributed by atoms with Crippen LogP contribution in [-0.4, -0.2) is 21.0 Å². The summed E-state index contributed by atoms with van der Waals surface area (Å²) in [6.07, 6.45) is 2.90. The highest BCUT2D eigenvalue weighted by Crippen LogP contribution is 2.22. The molecule has 0 radical (unpaired) electrons. The number of carbonyl (C=O) groups is 1. The van der Waals surface area contributed by atoms with Crippen LogP contribution in [0.25, 0.3) is 10.9 Å². The maximum Gasteiger partial charge on any atom is 0.335 e. The summed E-state index contributed by atoms with van der Waals surface area (Å²) in [5.41, 5.74) is 0.658. The number of aromatic nitrogens is 2. The van der Waals surface area contributed by atoms with E-state index in [0.717, 1.165) is 0 Å². The molecule has 0 spiro atoms. The van der Waals surface area contributed by atoms with Gasteiger partial charge in [0.15, 0.2) is 0 Å². The molecule has 0 unspecified atom stereocenters. The molecule has 0 fully saturated rings. The number of halogens is 1. The van der Waals surface area contributed by atoms with Crippen molar-refractivity contribution >= 4 is 28.5 Å². The maximum atomic E-state index is 10.7. The van der Waals surface area contributed by atoms with Crippen LogP contribution < -0.4 is 0 Å². The van der Waals surface area contributed by atoms with Crippen LogP contribution in [0.3, 0.4) is 0 Å². The second-order valence-corrected chi connectivity index (χ2v) is 3.13. The summed E-state index contributed by atoms with van der Waals surface area (Å²) in [7, 11) is 0. The number of nitrogens with zero attached hydrogens (tertiary/aromatic N) is 2. The predicted octanol–water partition coefficient (Wildman–Crippen LogP) is 1.98. The summed E-state index contributed by atoms with van der Waals surface area (Å²) in [5.74, 6) is -1.02. The first-order chi connectivity index (χ1) is 6.68. The van der Waals surface area contributed by atoms with Crippen molar-refractivity contribution in [2.24, 2.45) is 0 Å². The van der Waals surface area contributed by atoms with Crippen molar-refractivity contribution in [1.29, 1.82) is 0 Å². The first-order valence-electron chi connectivity index (χ1n) is 3.81. The number of hydrogen-bond acceptors (Lipinski definition) is 3. The molecule has 1 N–H and O–H groups in total. The van der Waals surface area contributed by atoms with Crippen molar-refractivity contribution in [1.82, 2.24) is 9.97 Å². The molecule has 0 aliphatic heterocycles. The second-order valence-electron chi connectivity index (χ2n) is 2.72. The van der Waals surface area contributed by atoms with Gasteiger partial charge in [0.1, 0.15) is 6.33 Å². The van der Waals surface area contributed by atoms with E-state index >= 15 is 0 Å². The number of benzene rings is 1. The van der Waals surface area contributed by atoms with E-state index in [2.05, 4.69) is 9.97 Å². The van der Waals surface area contributed by atoms with Gasteiger partial charge in [0.25, 0.3) is 0 Å². The van der Waals surface area contributed by atoms with Gasteiger partial charge in [-0.25, -0.2) is 14.8 Å². The molecule has 2 rings (SSSR count). The van der Waals surface area contributed by atoms with E-state index in [0.29, 0.717) is 15.9 Å². The predicted molar refractivity (Wildman–Crippen MR) is 51.5 cm³/mol. The van der Waals surface area contributed by atoms with Crippen molar-refractivity contribution in [2.75, 3.05) is 0 Å². The van der Waals surface area contributed by atoms with Crippen LogP contribution in [0.2, 0.25) is 5.02 Å². The third-order valence-electron chi connectivity index (χ3n) is 1.82. The molecule has 1 aromatic heterocycles. The summed E-state index contributed by atoms with van der Waals surface area (Å²) >= 11 is 5.86. The molecule has 0 aliphatic carbocycles. The van der Waals surface area contributed by atoms with E-state index in [4.69, 9.17) is 16.7 Å². The molecule has 0 amide bonds. The Labute approximate surface area is 84.2 Å². The molecule has 1 heterocycles. The molecule has 2 aromatic rings. The van der Waals surface area contributed by atoms with Gasteiger partial charge in [0, 0.05) is 11.6 Å². The number of carboxylic acid groups (broad SMARTS) is 1. The van der Waals surface area contributed by atoms with Crippen LogP contribution in [0.5, 0.6) is 0 Å². The molecule has 0 saturated carbocycles. The van der Waals surface area contributed by atoms with Crippen LogP contribution in [-0.2, 0) is 0 Å². The first-order valence-corrected chi connectivity index (χ1v) is 4.19. The van der Waals surface area contributed by atoms with Crippen LogP contribution in [0.15, 0.2) is 24.7 Å². The lowest BCUT2D eigenvalue weighted by atomic mass is 10.1. The van der Waals surface area contributed by atoms with Gasteiger partial charge in [-0.15, -0.1) is 0 Å². The van der Waals surface area contributed by atoms with Crippen LogP contribution in [0.4, 0.5) is 0 Å². The quantitative estimate of drug-likeness (QED) is 0.779. The highest BCUT2D eigenvalue weighted by Gasteiger charge is 2.08. The number of carboxylic acids is 1. The standard InChI is InChI=1S/C9H5ClN2O2/c10-7-1-5(9(13)14)2-8-6(7)3-11-4-12-8/h1-4H,(H,13,14). The summed E-state index contributed by atoms with van der Waals surface area (Å²) in [6, 6.07) is 2.85. The van der Waals surface area contributed by atoms with E-state index in [-0.39, 0.29) is 5.56 Å². The minimum atomic E-state index is -1.02. The number of hydrogen-bond donors (Lipinski definition) is 1. The van der Waals surface area contributed by atoms with Gasteiger partial charge >= 0.3 is 5.97 Å². The maximum absolute atomic E-state index is 10.7. The Balaban J connectivity index is 2.78. The number of aromatic carboxylic acids is 1. The number of rotatable bonds is 1. The van der Waals surface area contributed by atoms with Gasteiger partial charge in [-0.2, -0.15) is 0 Å². The minimum absolute atomic E-state index is 0.126. The third-order valence-corrected chi connectivity index (χ3v) is 2.13. The van der Waals surface area contributed by atoms with Gasteiger partial charge in [0.05, 0.1) is 16.1 Å². The molecule has 4 nitrogen and oxygen atoms in total. The molecule has 1 aromatic carbocycles. The molecule has 0 atom stereocenters. The molecular formula is C9H5ClN2O2. The SMILES string of the molecule is O=C(O)c1cc(Cl)c2cncnc2c1. The lowest BCUT2D eigenvalue weighted by Crippen LogP contribution is -1.96. The van der Waals surface area contributed by atoms with Gasteiger partial charge in [-0.3, -0.25) is 0 Å². The average molecular weight is 209 g/mol. The van der Waals surface area contributed by atoms with E-state index in [1.54, 1.807) is 6.20 Å². The number of fused-ring (bicyclic) bond motifs is 1. The Morgan fingerprint density at radius 2 is 2.21 bits per heavy atom. The van der Waals surface area contributed by atoms with Gasteiger partial charge in [-0.05, 0) is 12.1 Å². The summed E-state index contributed by atoms with van der Waals surface area (Å²) in [5, 5.41) is 9.77. The molecule has 14 heavy (non-hydrogen) atoms. The largest absolute Gasteiger partial charge is 0.478 e. The highest BCUT2D eigenvalue weighted by atomic mass is 35.5. The molecule has 0 bridgehead atoms. The Morgan fingerprint density at radius 1 is 1.43 bits per heavy atom. The fourth-order valence-electron chi connectivity index (χ4n) is 1.16. The summed E-state index contributed by atoms with van der Waals surface area (Å²) in [4.78, 5) is 18.4. The second kappa shape index (κ2) is 3.23. The van der Waals surface area contributed by atoms with Crippen LogP contribution in [0.1, 0.15) is 10.4 Å². The van der Waals surface area contributed by atoms with E-state index in [1.807, 2.05) is 0 Å². The van der Waals surface area contributed by atoms with E-state index < -0.39 is 5.97 Å². The fraction of sp³-hybridized carbons (Fsp3) is 0. The molecule has 70 valence electrons. The Kier molecular flexibility index (Phi) is 2.05. The molecule has 0 aliphatic rings. The third kappa shape index (κ3) is 1.40. The normalized spacial score (nSPS) is 10.4. The molecular weight excluding hydrogens is 204 g/mol. The molecule has 0 saturated heterocycles. The monoisotopic (exact) mass is 208 g/mol. The zero-order valence-electron chi connectivity index (χ0n) is 6.94. The minimum Gasteiger partial charge on any atom is -0.478 e. The van der Waals surface area contributed by atoms with E-state index in [1.165, 1.54) is 18.5 Å². The molecule has 5 heteroatoms. The van der Waals surface area contributed by atoms with Crippen molar-refractivity contribution in [3.63, 3.8) is 0 Å². The average Bonchev–Trinajstić information content (AvgIpc) is 2.17. The topological polar surface area (TPSA) is 63.1 Å². The van der Waals surface area contributed by atoms with Crippen molar-refractivity contribution < 1.29 is 9.90 Å². The zero-order valence-corrected chi connectivity index (χ0v) is 7.69. The Morgan fingerprint density at radius 3 is 2.93 bits per heavy atom. The summed E-state index contributed by atoms with van der Waals surface area (Å²) < 4.78 is 0. The Bertz CT molecular complexity index is 513. The fourth-order valence-corrected chi connectivity index (χ4v) is 1.43. The van der Waals surface area contributed by atoms with Gasteiger partial charge in [-0.1, -0.05) is 11.6 Å². The van der Waals surface area contributed by atoms with Crippen LogP contribution >= 0.6 is 11.6 Å².